The van der Waals surface area contributed by atoms with Crippen molar-refractivity contribution in [2.24, 2.45) is 0 Å². The summed E-state index contributed by atoms with van der Waals surface area (Å²) in [7, 11) is 0. The molecule has 6 nitrogen and oxygen atoms in total. The van der Waals surface area contributed by atoms with E-state index < -0.39 is 0 Å². The van der Waals surface area contributed by atoms with Gasteiger partial charge < -0.3 is 10.3 Å². The van der Waals surface area contributed by atoms with Crippen molar-refractivity contribution >= 4 is 29.3 Å². The smallest absolute Gasteiger partial charge is 0.302 e. The highest BCUT2D eigenvalue weighted by molar-refractivity contribution is 7.98. The van der Waals surface area contributed by atoms with Gasteiger partial charge in [-0.25, -0.2) is 4.98 Å². The summed E-state index contributed by atoms with van der Waals surface area (Å²) in [5.74, 6) is 2.19. The van der Waals surface area contributed by atoms with Gasteiger partial charge in [-0.2, -0.15) is 16.1 Å². The number of aryl methyl sites for hydroxylation is 1. The zero-order valence-corrected chi connectivity index (χ0v) is 11.0. The zero-order chi connectivity index (χ0) is 12.1. The van der Waals surface area contributed by atoms with Crippen LogP contribution in [0.4, 0.5) is 5.82 Å². The number of nitrogens with one attached hydrogen (secondary N) is 3. The van der Waals surface area contributed by atoms with E-state index in [0.717, 1.165) is 41.2 Å². The maximum absolute atomic E-state index is 11.1. The van der Waals surface area contributed by atoms with E-state index in [-0.39, 0.29) is 5.56 Å². The average Bonchev–Trinajstić information content (AvgIpc) is 2.89. The van der Waals surface area contributed by atoms with Crippen LogP contribution in [0.1, 0.15) is 11.4 Å². The molecule has 8 heteroatoms. The summed E-state index contributed by atoms with van der Waals surface area (Å²) in [4.78, 5) is 18.4. The van der Waals surface area contributed by atoms with Gasteiger partial charge in [0.05, 0.1) is 12.0 Å². The van der Waals surface area contributed by atoms with Crippen LogP contribution in [0.25, 0.3) is 0 Å². The lowest BCUT2D eigenvalue weighted by Crippen LogP contribution is -2.12. The van der Waals surface area contributed by atoms with Gasteiger partial charge in [-0.15, -0.1) is 0 Å². The van der Waals surface area contributed by atoms with Gasteiger partial charge in [-0.05, 0) is 6.92 Å². The number of rotatable bonds is 6. The molecule has 0 unspecified atom stereocenters. The SMILES string of the molecule is Cc1[nH]cnc1CSCCNc1ns[nH]c1=O. The van der Waals surface area contributed by atoms with Crippen molar-refractivity contribution in [3.05, 3.63) is 28.1 Å². The summed E-state index contributed by atoms with van der Waals surface area (Å²) in [5, 5.41) is 2.99. The topological polar surface area (TPSA) is 86.5 Å². The van der Waals surface area contributed by atoms with Crippen molar-refractivity contribution < 1.29 is 0 Å². The fraction of sp³-hybridized carbons (Fsp3) is 0.444. The Labute approximate surface area is 107 Å². The minimum Gasteiger partial charge on any atom is -0.364 e. The van der Waals surface area contributed by atoms with E-state index in [1.165, 1.54) is 0 Å². The Morgan fingerprint density at radius 2 is 2.47 bits per heavy atom. The molecule has 0 saturated carbocycles. The average molecular weight is 271 g/mol. The number of thioether (sulfide) groups is 1. The van der Waals surface area contributed by atoms with Gasteiger partial charge in [0.15, 0.2) is 0 Å². The van der Waals surface area contributed by atoms with Crippen molar-refractivity contribution in [3.8, 4) is 0 Å². The lowest BCUT2D eigenvalue weighted by molar-refractivity contribution is 1.16. The summed E-state index contributed by atoms with van der Waals surface area (Å²) in [6.07, 6.45) is 1.71. The summed E-state index contributed by atoms with van der Waals surface area (Å²) in [6.45, 7) is 2.73. The number of nitrogens with zero attached hydrogens (tertiary/aromatic N) is 2. The van der Waals surface area contributed by atoms with Crippen LogP contribution < -0.4 is 10.9 Å². The van der Waals surface area contributed by atoms with E-state index in [2.05, 4.69) is 24.0 Å². The third-order valence-corrected chi connectivity index (χ3v) is 3.72. The van der Waals surface area contributed by atoms with Gasteiger partial charge in [-0.3, -0.25) is 9.17 Å². The molecule has 2 aromatic heterocycles. The zero-order valence-electron chi connectivity index (χ0n) is 9.32. The molecule has 2 rings (SSSR count). The molecule has 0 aliphatic rings. The highest BCUT2D eigenvalue weighted by atomic mass is 32.2. The number of H-pyrrole nitrogens is 2. The molecular formula is C9H13N5OS2. The standard InChI is InChI=1S/C9H13N5OS2/c1-6-7(12-5-11-6)4-16-3-2-10-8-9(15)14-17-13-8/h5H,2-4H2,1H3,(H,10,13)(H,11,12)(H,14,15). The van der Waals surface area contributed by atoms with Gasteiger partial charge in [0.1, 0.15) is 0 Å². The first-order valence-corrected chi connectivity index (χ1v) is 7.05. The third kappa shape index (κ3) is 3.34. The second-order valence-electron chi connectivity index (χ2n) is 3.42. The number of hydrogen-bond donors (Lipinski definition) is 3. The Kier molecular flexibility index (Phi) is 4.21. The fourth-order valence-corrected chi connectivity index (χ4v) is 2.59. The van der Waals surface area contributed by atoms with E-state index in [0.29, 0.717) is 5.82 Å². The number of aromatic nitrogens is 4. The molecule has 0 saturated heterocycles. The molecule has 0 fully saturated rings. The maximum atomic E-state index is 11.1. The second-order valence-corrected chi connectivity index (χ2v) is 5.09. The largest absolute Gasteiger partial charge is 0.364 e. The Morgan fingerprint density at radius 1 is 1.59 bits per heavy atom. The van der Waals surface area contributed by atoms with Crippen LogP contribution >= 0.6 is 23.5 Å². The third-order valence-electron chi connectivity index (χ3n) is 2.20. The molecule has 2 aromatic rings. The van der Waals surface area contributed by atoms with Crippen LogP contribution in [0.2, 0.25) is 0 Å². The fourth-order valence-electron chi connectivity index (χ4n) is 1.26. The number of aromatic amines is 2. The highest BCUT2D eigenvalue weighted by Crippen LogP contribution is 2.11. The molecule has 17 heavy (non-hydrogen) atoms. The van der Waals surface area contributed by atoms with Crippen molar-refractivity contribution in [2.75, 3.05) is 17.6 Å². The Balaban J connectivity index is 1.66. The molecule has 0 aromatic carbocycles. The molecule has 0 spiro atoms. The molecule has 2 heterocycles. The molecule has 0 atom stereocenters. The lowest BCUT2D eigenvalue weighted by Gasteiger charge is -2.01. The van der Waals surface area contributed by atoms with Gasteiger partial charge >= 0.3 is 5.56 Å². The first-order valence-electron chi connectivity index (χ1n) is 5.12. The Hall–Kier alpha value is -1.28. The predicted octanol–water partition coefficient (Wildman–Crippen LogP) is 1.21. The van der Waals surface area contributed by atoms with Crippen LogP contribution in [0.3, 0.4) is 0 Å². The highest BCUT2D eigenvalue weighted by Gasteiger charge is 2.02. The molecule has 0 bridgehead atoms. The van der Waals surface area contributed by atoms with Gasteiger partial charge in [-0.1, -0.05) is 0 Å². The molecule has 0 aliphatic carbocycles. The summed E-state index contributed by atoms with van der Waals surface area (Å²) in [5.41, 5.74) is 2.05. The minimum atomic E-state index is -0.150. The van der Waals surface area contributed by atoms with Gasteiger partial charge in [0.25, 0.3) is 0 Å². The normalized spacial score (nSPS) is 10.6. The summed E-state index contributed by atoms with van der Waals surface area (Å²) in [6, 6.07) is 0. The summed E-state index contributed by atoms with van der Waals surface area (Å²) >= 11 is 2.83. The summed E-state index contributed by atoms with van der Waals surface area (Å²) < 4.78 is 6.44. The number of hydrogen-bond acceptors (Lipinski definition) is 6. The Morgan fingerprint density at radius 3 is 3.12 bits per heavy atom. The molecule has 0 aliphatic heterocycles. The van der Waals surface area contributed by atoms with Crippen LogP contribution in [0.5, 0.6) is 0 Å². The Bertz CT molecular complexity index is 517. The second kappa shape index (κ2) is 5.87. The van der Waals surface area contributed by atoms with Crippen LogP contribution in [-0.2, 0) is 5.75 Å². The van der Waals surface area contributed by atoms with Crippen molar-refractivity contribution in [3.63, 3.8) is 0 Å². The number of anilines is 1. The van der Waals surface area contributed by atoms with Crippen LogP contribution in [0, 0.1) is 6.92 Å². The van der Waals surface area contributed by atoms with E-state index in [9.17, 15) is 4.79 Å². The minimum absolute atomic E-state index is 0.150. The first-order chi connectivity index (χ1) is 8.27. The molecule has 3 N–H and O–H groups in total. The predicted molar refractivity (Wildman–Crippen MR) is 70.7 cm³/mol. The van der Waals surface area contributed by atoms with Gasteiger partial charge in [0, 0.05) is 35.5 Å². The van der Waals surface area contributed by atoms with E-state index >= 15 is 0 Å². The van der Waals surface area contributed by atoms with Gasteiger partial charge in [0.2, 0.25) is 5.82 Å². The van der Waals surface area contributed by atoms with Crippen molar-refractivity contribution in [1.82, 2.24) is 18.7 Å². The van der Waals surface area contributed by atoms with Crippen LogP contribution in [-0.4, -0.2) is 31.0 Å². The van der Waals surface area contributed by atoms with E-state index in [1.807, 2.05) is 6.92 Å². The molecule has 92 valence electrons. The van der Waals surface area contributed by atoms with E-state index in [4.69, 9.17) is 0 Å². The molecule has 0 radical (unpaired) electrons. The first kappa shape index (κ1) is 12.2. The van der Waals surface area contributed by atoms with Crippen molar-refractivity contribution in [2.45, 2.75) is 12.7 Å². The van der Waals surface area contributed by atoms with Crippen LogP contribution in [0.15, 0.2) is 11.1 Å². The lowest BCUT2D eigenvalue weighted by atomic mass is 10.4. The maximum Gasteiger partial charge on any atom is 0.302 e. The quantitative estimate of drug-likeness (QED) is 0.687. The number of imidazole rings is 1. The van der Waals surface area contributed by atoms with E-state index in [1.54, 1.807) is 18.1 Å². The molecule has 0 amide bonds. The monoisotopic (exact) mass is 271 g/mol. The molecular weight excluding hydrogens is 258 g/mol. The van der Waals surface area contributed by atoms with Crippen molar-refractivity contribution in [1.29, 1.82) is 0 Å².